The van der Waals surface area contributed by atoms with E-state index in [0.717, 1.165) is 0 Å². The van der Waals surface area contributed by atoms with Crippen molar-refractivity contribution in [2.45, 2.75) is 13.5 Å². The van der Waals surface area contributed by atoms with Crippen molar-refractivity contribution in [3.63, 3.8) is 0 Å². The van der Waals surface area contributed by atoms with Crippen LogP contribution in [0.2, 0.25) is 0 Å². The topological polar surface area (TPSA) is 127 Å². The van der Waals surface area contributed by atoms with Crippen LogP contribution in [0.4, 0.5) is 10.5 Å². The van der Waals surface area contributed by atoms with E-state index in [9.17, 15) is 14.7 Å². The standard InChI is InChI=1S/C16H15N7O3/c1-2-17-16(26)21-9-3-4-11-10(5-9)14-18-7-20-23(14)6-12-13(15(24)25)19-8-22(11)12/h3-5,7-8H,2,6H2,1H3,(H,24,25)(H2,17,21,26). The molecule has 0 saturated carbocycles. The number of imidazole rings is 1. The van der Waals surface area contributed by atoms with Gasteiger partial charge in [0.05, 0.1) is 17.9 Å². The molecule has 26 heavy (non-hydrogen) atoms. The number of hydrogen-bond donors (Lipinski definition) is 3. The Balaban J connectivity index is 1.86. The van der Waals surface area contributed by atoms with E-state index >= 15 is 0 Å². The van der Waals surface area contributed by atoms with Gasteiger partial charge >= 0.3 is 12.0 Å². The fraction of sp³-hybridized carbons (Fsp3) is 0.188. The summed E-state index contributed by atoms with van der Waals surface area (Å²) in [7, 11) is 0. The third-order valence-corrected chi connectivity index (χ3v) is 4.08. The van der Waals surface area contributed by atoms with E-state index in [1.54, 1.807) is 27.4 Å². The lowest BCUT2D eigenvalue weighted by molar-refractivity contribution is 0.0689. The van der Waals surface area contributed by atoms with E-state index in [4.69, 9.17) is 0 Å². The van der Waals surface area contributed by atoms with Gasteiger partial charge in [0, 0.05) is 17.8 Å². The van der Waals surface area contributed by atoms with Gasteiger partial charge < -0.3 is 15.7 Å². The first-order chi connectivity index (χ1) is 12.6. The molecule has 0 fully saturated rings. The zero-order valence-corrected chi connectivity index (χ0v) is 13.8. The van der Waals surface area contributed by atoms with Gasteiger partial charge in [-0.1, -0.05) is 0 Å². The molecule has 4 rings (SSSR count). The number of nitrogens with zero attached hydrogens (tertiary/aromatic N) is 5. The maximum atomic E-state index is 11.8. The monoisotopic (exact) mass is 353 g/mol. The van der Waals surface area contributed by atoms with E-state index < -0.39 is 5.97 Å². The van der Waals surface area contributed by atoms with Crippen molar-refractivity contribution in [3.8, 4) is 17.1 Å². The zero-order chi connectivity index (χ0) is 18.3. The number of hydrogen-bond acceptors (Lipinski definition) is 5. The number of fused-ring (bicyclic) bond motifs is 5. The maximum absolute atomic E-state index is 11.8. The van der Waals surface area contributed by atoms with Crippen molar-refractivity contribution >= 4 is 17.7 Å². The second-order valence-electron chi connectivity index (χ2n) is 5.67. The summed E-state index contributed by atoms with van der Waals surface area (Å²) in [6.07, 6.45) is 2.89. The predicted octanol–water partition coefficient (Wildman–Crippen LogP) is 1.33. The number of carboxylic acids is 1. The average Bonchev–Trinajstić information content (AvgIpc) is 3.20. The molecule has 1 aromatic carbocycles. The van der Waals surface area contributed by atoms with Gasteiger partial charge in [0.15, 0.2) is 11.5 Å². The molecule has 0 aliphatic carbocycles. The fourth-order valence-corrected chi connectivity index (χ4v) is 2.98. The molecule has 1 aliphatic heterocycles. The Morgan fingerprint density at radius 3 is 2.92 bits per heavy atom. The molecule has 1 aliphatic rings. The molecule has 3 heterocycles. The van der Waals surface area contributed by atoms with Crippen LogP contribution in [-0.4, -0.2) is 48.0 Å². The Kier molecular flexibility index (Phi) is 3.64. The molecule has 0 radical (unpaired) electrons. The van der Waals surface area contributed by atoms with Crippen molar-refractivity contribution in [1.82, 2.24) is 29.6 Å². The zero-order valence-electron chi connectivity index (χ0n) is 13.8. The van der Waals surface area contributed by atoms with Crippen LogP contribution in [0.3, 0.4) is 0 Å². The third-order valence-electron chi connectivity index (χ3n) is 4.08. The van der Waals surface area contributed by atoms with Crippen LogP contribution in [0.25, 0.3) is 17.1 Å². The van der Waals surface area contributed by atoms with Gasteiger partial charge in [-0.3, -0.25) is 4.57 Å². The normalized spacial score (nSPS) is 11.7. The quantitative estimate of drug-likeness (QED) is 0.510. The Morgan fingerprint density at radius 2 is 2.15 bits per heavy atom. The van der Waals surface area contributed by atoms with Gasteiger partial charge in [-0.05, 0) is 25.1 Å². The molecule has 0 saturated heterocycles. The molecule has 10 heteroatoms. The smallest absolute Gasteiger partial charge is 0.356 e. The summed E-state index contributed by atoms with van der Waals surface area (Å²) in [4.78, 5) is 31.6. The summed E-state index contributed by atoms with van der Waals surface area (Å²) >= 11 is 0. The van der Waals surface area contributed by atoms with E-state index in [0.29, 0.717) is 35.0 Å². The van der Waals surface area contributed by atoms with Gasteiger partial charge in [-0.25, -0.2) is 24.2 Å². The maximum Gasteiger partial charge on any atom is 0.356 e. The minimum absolute atomic E-state index is 0.0242. The van der Waals surface area contributed by atoms with Gasteiger partial charge in [0.25, 0.3) is 0 Å². The van der Waals surface area contributed by atoms with E-state index in [1.165, 1.54) is 12.7 Å². The number of amides is 2. The lowest BCUT2D eigenvalue weighted by Gasteiger charge is -2.11. The molecule has 132 valence electrons. The van der Waals surface area contributed by atoms with Crippen LogP contribution in [0.5, 0.6) is 0 Å². The number of urea groups is 1. The van der Waals surface area contributed by atoms with Crippen LogP contribution in [-0.2, 0) is 6.54 Å². The van der Waals surface area contributed by atoms with E-state index in [1.807, 2.05) is 6.92 Å². The van der Waals surface area contributed by atoms with Crippen LogP contribution < -0.4 is 10.6 Å². The first kappa shape index (κ1) is 15.8. The number of carbonyl (C=O) groups excluding carboxylic acids is 1. The summed E-state index contributed by atoms with van der Waals surface area (Å²) < 4.78 is 3.33. The molecule has 3 N–H and O–H groups in total. The molecule has 0 bridgehead atoms. The molecule has 10 nitrogen and oxygen atoms in total. The summed E-state index contributed by atoms with van der Waals surface area (Å²) in [5, 5.41) is 19.0. The van der Waals surface area contributed by atoms with Crippen LogP contribution in [0, 0.1) is 0 Å². The SMILES string of the molecule is CCNC(=O)Nc1ccc2c(c1)-c1ncnn1Cc1c(C(=O)O)ncn1-2. The van der Waals surface area contributed by atoms with Gasteiger partial charge in [0.2, 0.25) is 0 Å². The van der Waals surface area contributed by atoms with Crippen molar-refractivity contribution in [1.29, 1.82) is 0 Å². The first-order valence-electron chi connectivity index (χ1n) is 7.95. The molecule has 3 aromatic rings. The Hall–Kier alpha value is -3.69. The second-order valence-corrected chi connectivity index (χ2v) is 5.67. The Labute approximate surface area is 147 Å². The summed E-state index contributed by atoms with van der Waals surface area (Å²) in [6.45, 7) is 2.58. The van der Waals surface area contributed by atoms with Gasteiger partial charge in [-0.2, -0.15) is 5.10 Å². The average molecular weight is 353 g/mol. The minimum atomic E-state index is -1.10. The van der Waals surface area contributed by atoms with Crippen molar-refractivity contribution in [2.75, 3.05) is 11.9 Å². The van der Waals surface area contributed by atoms with Crippen LogP contribution in [0.1, 0.15) is 23.1 Å². The molecule has 2 amide bonds. The number of carbonyl (C=O) groups is 2. The summed E-state index contributed by atoms with van der Waals surface area (Å²) in [5.74, 6) is -0.516. The molecular formula is C16H15N7O3. The largest absolute Gasteiger partial charge is 0.476 e. The number of rotatable bonds is 3. The highest BCUT2D eigenvalue weighted by molar-refractivity contribution is 5.91. The van der Waals surface area contributed by atoms with Crippen LogP contribution >= 0.6 is 0 Å². The van der Waals surface area contributed by atoms with E-state index in [-0.39, 0.29) is 18.3 Å². The number of anilines is 1. The molecular weight excluding hydrogens is 338 g/mol. The highest BCUT2D eigenvalue weighted by Gasteiger charge is 2.26. The summed E-state index contributed by atoms with van der Waals surface area (Å²) in [5.41, 5.74) is 2.50. The van der Waals surface area contributed by atoms with E-state index in [2.05, 4.69) is 25.7 Å². The molecule has 2 aromatic heterocycles. The van der Waals surface area contributed by atoms with Crippen molar-refractivity contribution in [2.24, 2.45) is 0 Å². The lowest BCUT2D eigenvalue weighted by Crippen LogP contribution is -2.28. The van der Waals surface area contributed by atoms with Gasteiger partial charge in [0.1, 0.15) is 12.7 Å². The number of nitrogens with one attached hydrogen (secondary N) is 2. The van der Waals surface area contributed by atoms with Crippen molar-refractivity contribution < 1.29 is 14.7 Å². The number of aromatic carboxylic acids is 1. The number of carboxylic acid groups (broad SMARTS) is 1. The Morgan fingerprint density at radius 1 is 1.31 bits per heavy atom. The minimum Gasteiger partial charge on any atom is -0.476 e. The second kappa shape index (κ2) is 5.99. The highest BCUT2D eigenvalue weighted by atomic mass is 16.4. The van der Waals surface area contributed by atoms with Crippen LogP contribution in [0.15, 0.2) is 30.9 Å². The predicted molar refractivity (Wildman–Crippen MR) is 91.3 cm³/mol. The first-order valence-corrected chi connectivity index (χ1v) is 7.95. The third kappa shape index (κ3) is 2.48. The molecule has 0 spiro atoms. The Bertz CT molecular complexity index is 1020. The number of benzene rings is 1. The summed E-state index contributed by atoms with van der Waals surface area (Å²) in [6, 6.07) is 5.00. The van der Waals surface area contributed by atoms with Crippen molar-refractivity contribution in [3.05, 3.63) is 42.2 Å². The molecule has 0 atom stereocenters. The number of aromatic nitrogens is 5. The highest BCUT2D eigenvalue weighted by Crippen LogP contribution is 2.33. The van der Waals surface area contributed by atoms with Gasteiger partial charge in [-0.15, -0.1) is 0 Å². The fourth-order valence-electron chi connectivity index (χ4n) is 2.98. The lowest BCUT2D eigenvalue weighted by atomic mass is 10.1. The molecule has 0 unspecified atom stereocenters.